The highest BCUT2D eigenvalue weighted by molar-refractivity contribution is 9.10. The summed E-state index contributed by atoms with van der Waals surface area (Å²) in [7, 11) is 0. The second kappa shape index (κ2) is 12.3. The van der Waals surface area contributed by atoms with Crippen LogP contribution in [-0.2, 0) is 6.54 Å². The molecule has 0 atom stereocenters. The number of thiocarbonyl (C=S) groups is 1. The number of furan rings is 1. The summed E-state index contributed by atoms with van der Waals surface area (Å²) in [6, 6.07) is 15.7. The van der Waals surface area contributed by atoms with Gasteiger partial charge >= 0.3 is 0 Å². The van der Waals surface area contributed by atoms with Gasteiger partial charge in [0.25, 0.3) is 11.8 Å². The van der Waals surface area contributed by atoms with Crippen LogP contribution in [0.5, 0.6) is 5.75 Å². The Kier molecular flexibility index (Phi) is 9.24. The number of nitrogens with one attached hydrogen (secondary N) is 3. The van der Waals surface area contributed by atoms with Gasteiger partial charge in [-0.25, -0.2) is 0 Å². The Morgan fingerprint density at radius 1 is 1.06 bits per heavy atom. The van der Waals surface area contributed by atoms with Gasteiger partial charge in [-0.05, 0) is 67.0 Å². The summed E-state index contributed by atoms with van der Waals surface area (Å²) in [5.41, 5.74) is 1.20. The smallest absolute Gasteiger partial charge is 0.261 e. The molecule has 0 aliphatic carbocycles. The first kappa shape index (κ1) is 25.5. The molecule has 3 aromatic rings. The van der Waals surface area contributed by atoms with Crippen molar-refractivity contribution in [2.45, 2.75) is 26.8 Å². The minimum atomic E-state index is -0.418. The lowest BCUT2D eigenvalue weighted by Gasteiger charge is -2.15. The average molecular weight is 544 g/mol. The number of carbonyl (C=O) groups excluding carboxylic acids is 2. The Labute approximate surface area is 212 Å². The second-order valence-electron chi connectivity index (χ2n) is 7.89. The van der Waals surface area contributed by atoms with Crippen molar-refractivity contribution in [3.05, 3.63) is 82.2 Å². The van der Waals surface area contributed by atoms with Crippen LogP contribution in [0.3, 0.4) is 0 Å². The molecule has 1 aromatic heterocycles. The fourth-order valence-electron chi connectivity index (χ4n) is 3.00. The summed E-state index contributed by atoms with van der Waals surface area (Å²) < 4.78 is 11.8. The van der Waals surface area contributed by atoms with Gasteiger partial charge in [-0.2, -0.15) is 0 Å². The van der Waals surface area contributed by atoms with Gasteiger partial charge in [0.2, 0.25) is 0 Å². The molecule has 2 amide bonds. The molecule has 0 aliphatic rings. The fourth-order valence-corrected chi connectivity index (χ4v) is 3.56. The standard InChI is InChI=1S/C25H26BrN3O4S/c1-16(2)11-13-33-22-10-9-17(26)14-20(22)24(31)29-25(34)28-21-8-4-3-7-19(21)23(30)27-15-18-6-5-12-32-18/h3-10,12,14,16H,11,13,15H2,1-2H3,(H,27,30)(H2,28,29,31,34). The number of hydrogen-bond donors (Lipinski definition) is 3. The summed E-state index contributed by atoms with van der Waals surface area (Å²) in [5.74, 6) is 0.879. The van der Waals surface area contributed by atoms with Crippen LogP contribution in [0.25, 0.3) is 0 Å². The first-order valence-corrected chi connectivity index (χ1v) is 12.0. The molecule has 0 saturated heterocycles. The summed E-state index contributed by atoms with van der Waals surface area (Å²) >= 11 is 8.74. The zero-order valence-electron chi connectivity index (χ0n) is 18.9. The number of halogens is 1. The Hall–Kier alpha value is -3.17. The van der Waals surface area contributed by atoms with E-state index in [9.17, 15) is 9.59 Å². The predicted molar refractivity (Wildman–Crippen MR) is 139 cm³/mol. The average Bonchev–Trinajstić information content (AvgIpc) is 3.32. The topological polar surface area (TPSA) is 92.6 Å². The van der Waals surface area contributed by atoms with Gasteiger partial charge in [0.1, 0.15) is 11.5 Å². The van der Waals surface area contributed by atoms with E-state index in [0.717, 1.165) is 10.9 Å². The number of para-hydroxylation sites is 1. The van der Waals surface area contributed by atoms with Crippen LogP contribution in [0.4, 0.5) is 5.69 Å². The highest BCUT2D eigenvalue weighted by Crippen LogP contribution is 2.24. The predicted octanol–water partition coefficient (Wildman–Crippen LogP) is 5.52. The van der Waals surface area contributed by atoms with E-state index in [1.807, 2.05) is 6.07 Å². The number of carbonyl (C=O) groups is 2. The van der Waals surface area contributed by atoms with E-state index < -0.39 is 5.91 Å². The maximum atomic E-state index is 12.9. The molecule has 0 bridgehead atoms. The molecule has 0 spiro atoms. The lowest BCUT2D eigenvalue weighted by molar-refractivity contribution is 0.0947. The Bertz CT molecular complexity index is 1150. The van der Waals surface area contributed by atoms with Crippen LogP contribution in [0.15, 0.2) is 69.8 Å². The quantitative estimate of drug-likeness (QED) is 0.307. The van der Waals surface area contributed by atoms with Gasteiger partial charge in [-0.1, -0.05) is 41.9 Å². The first-order valence-electron chi connectivity index (χ1n) is 10.8. The van der Waals surface area contributed by atoms with Crippen LogP contribution in [-0.4, -0.2) is 23.5 Å². The minimum Gasteiger partial charge on any atom is -0.493 e. The largest absolute Gasteiger partial charge is 0.493 e. The van der Waals surface area contributed by atoms with E-state index in [0.29, 0.717) is 40.8 Å². The van der Waals surface area contributed by atoms with Crippen molar-refractivity contribution in [2.24, 2.45) is 5.92 Å². The molecule has 7 nitrogen and oxygen atoms in total. The van der Waals surface area contributed by atoms with E-state index in [2.05, 4.69) is 45.7 Å². The van der Waals surface area contributed by atoms with Crippen molar-refractivity contribution < 1.29 is 18.7 Å². The number of benzene rings is 2. The molecule has 0 aliphatic heterocycles. The summed E-state index contributed by atoms with van der Waals surface area (Å²) in [4.78, 5) is 25.6. The van der Waals surface area contributed by atoms with Crippen molar-refractivity contribution >= 4 is 50.8 Å². The van der Waals surface area contributed by atoms with Gasteiger partial charge < -0.3 is 19.8 Å². The molecule has 3 rings (SSSR count). The monoisotopic (exact) mass is 543 g/mol. The molecular formula is C25H26BrN3O4S. The Morgan fingerprint density at radius 2 is 1.85 bits per heavy atom. The van der Waals surface area contributed by atoms with Gasteiger partial charge in [-0.15, -0.1) is 0 Å². The normalized spacial score (nSPS) is 10.6. The van der Waals surface area contributed by atoms with E-state index in [1.54, 1.807) is 54.8 Å². The Balaban J connectivity index is 1.65. The molecule has 1 heterocycles. The zero-order valence-corrected chi connectivity index (χ0v) is 21.3. The van der Waals surface area contributed by atoms with Crippen molar-refractivity contribution in [1.82, 2.24) is 10.6 Å². The fraction of sp³-hybridized carbons (Fsp3) is 0.240. The summed E-state index contributed by atoms with van der Waals surface area (Å²) in [5, 5.41) is 8.46. The molecular weight excluding hydrogens is 518 g/mol. The number of anilines is 1. The minimum absolute atomic E-state index is 0.0596. The SMILES string of the molecule is CC(C)CCOc1ccc(Br)cc1C(=O)NC(=S)Nc1ccccc1C(=O)NCc1ccco1. The van der Waals surface area contributed by atoms with E-state index in [1.165, 1.54) is 0 Å². The highest BCUT2D eigenvalue weighted by atomic mass is 79.9. The van der Waals surface area contributed by atoms with E-state index in [4.69, 9.17) is 21.4 Å². The third-order valence-corrected chi connectivity index (χ3v) is 5.49. The molecule has 0 fully saturated rings. The number of rotatable bonds is 9. The molecule has 9 heteroatoms. The van der Waals surface area contributed by atoms with Crippen molar-refractivity contribution in [3.8, 4) is 5.75 Å². The summed E-state index contributed by atoms with van der Waals surface area (Å²) in [6.45, 7) is 4.97. The molecule has 0 saturated carbocycles. The lowest BCUT2D eigenvalue weighted by atomic mass is 10.1. The maximum Gasteiger partial charge on any atom is 0.261 e. The highest BCUT2D eigenvalue weighted by Gasteiger charge is 2.17. The number of ether oxygens (including phenoxy) is 1. The van der Waals surface area contributed by atoms with E-state index in [-0.39, 0.29) is 17.6 Å². The third kappa shape index (κ3) is 7.43. The van der Waals surface area contributed by atoms with Crippen molar-refractivity contribution in [2.75, 3.05) is 11.9 Å². The summed E-state index contributed by atoms with van der Waals surface area (Å²) in [6.07, 6.45) is 2.42. The third-order valence-electron chi connectivity index (χ3n) is 4.79. The molecule has 3 N–H and O–H groups in total. The van der Waals surface area contributed by atoms with Gasteiger partial charge in [0.05, 0.1) is 36.2 Å². The second-order valence-corrected chi connectivity index (χ2v) is 9.21. The number of hydrogen-bond acceptors (Lipinski definition) is 5. The lowest BCUT2D eigenvalue weighted by Crippen LogP contribution is -2.35. The van der Waals surface area contributed by atoms with Crippen molar-refractivity contribution in [3.63, 3.8) is 0 Å². The van der Waals surface area contributed by atoms with Crippen LogP contribution < -0.4 is 20.7 Å². The first-order chi connectivity index (χ1) is 16.3. The Morgan fingerprint density at radius 3 is 2.59 bits per heavy atom. The molecule has 0 radical (unpaired) electrons. The molecule has 34 heavy (non-hydrogen) atoms. The number of amides is 2. The zero-order chi connectivity index (χ0) is 24.5. The molecule has 0 unspecified atom stereocenters. The maximum absolute atomic E-state index is 12.9. The van der Waals surface area contributed by atoms with Crippen LogP contribution in [0.1, 0.15) is 46.7 Å². The van der Waals surface area contributed by atoms with Crippen LogP contribution >= 0.6 is 28.1 Å². The van der Waals surface area contributed by atoms with Gasteiger partial charge in [0, 0.05) is 4.47 Å². The van der Waals surface area contributed by atoms with Crippen molar-refractivity contribution in [1.29, 1.82) is 0 Å². The molecule has 2 aromatic carbocycles. The van der Waals surface area contributed by atoms with E-state index >= 15 is 0 Å². The van der Waals surface area contributed by atoms with Crippen LogP contribution in [0, 0.1) is 5.92 Å². The van der Waals surface area contributed by atoms with Gasteiger partial charge in [0.15, 0.2) is 5.11 Å². The molecule has 178 valence electrons. The van der Waals surface area contributed by atoms with Crippen LogP contribution in [0.2, 0.25) is 0 Å². The van der Waals surface area contributed by atoms with Gasteiger partial charge in [-0.3, -0.25) is 14.9 Å².